The highest BCUT2D eigenvalue weighted by molar-refractivity contribution is 4.98. The number of hydrogen-bond acceptors (Lipinski definition) is 2. The van der Waals surface area contributed by atoms with Crippen LogP contribution < -0.4 is 5.32 Å². The monoisotopic (exact) mass is 210 g/mol. The first-order valence-electron chi connectivity index (χ1n) is 6.73. The average Bonchev–Trinajstić information content (AvgIpc) is 2.48. The molecule has 2 aliphatic heterocycles. The van der Waals surface area contributed by atoms with Gasteiger partial charge in [-0.3, -0.25) is 4.90 Å². The minimum absolute atomic E-state index is 0.745. The molecule has 2 saturated heterocycles. The maximum Gasteiger partial charge on any atom is 0.0116 e. The molecule has 2 heteroatoms. The predicted octanol–water partition coefficient (Wildman–Crippen LogP) is 2.39. The van der Waals surface area contributed by atoms with Gasteiger partial charge in [0, 0.05) is 24.2 Å². The van der Waals surface area contributed by atoms with E-state index in [1.165, 1.54) is 38.6 Å². The fraction of sp³-hybridized carbons (Fsp3) is 1.00. The van der Waals surface area contributed by atoms with E-state index in [0.29, 0.717) is 0 Å². The summed E-state index contributed by atoms with van der Waals surface area (Å²) in [5.41, 5.74) is 0. The first-order valence-corrected chi connectivity index (χ1v) is 6.73. The fourth-order valence-corrected chi connectivity index (χ4v) is 3.57. The summed E-state index contributed by atoms with van der Waals surface area (Å²) in [5, 5.41) is 3.70. The van der Waals surface area contributed by atoms with Crippen molar-refractivity contribution >= 4 is 0 Å². The molecule has 0 aromatic carbocycles. The molecule has 2 unspecified atom stereocenters. The van der Waals surface area contributed by atoms with Gasteiger partial charge in [0.05, 0.1) is 0 Å². The largest absolute Gasteiger partial charge is 0.314 e. The minimum Gasteiger partial charge on any atom is -0.314 e. The molecule has 2 nitrogen and oxygen atoms in total. The van der Waals surface area contributed by atoms with E-state index in [0.717, 1.165) is 24.2 Å². The number of nitrogens with one attached hydrogen (secondary N) is 1. The van der Waals surface area contributed by atoms with Crippen molar-refractivity contribution in [3.8, 4) is 0 Å². The Labute approximate surface area is 94.4 Å². The van der Waals surface area contributed by atoms with Crippen LogP contribution in [0.15, 0.2) is 0 Å². The average molecular weight is 210 g/mol. The molecule has 0 spiro atoms. The molecular weight excluding hydrogens is 184 g/mol. The van der Waals surface area contributed by atoms with Gasteiger partial charge in [0.25, 0.3) is 0 Å². The van der Waals surface area contributed by atoms with Gasteiger partial charge in [-0.1, -0.05) is 6.92 Å². The molecule has 2 heterocycles. The van der Waals surface area contributed by atoms with Crippen molar-refractivity contribution in [3.05, 3.63) is 0 Å². The first kappa shape index (κ1) is 11.4. The summed E-state index contributed by atoms with van der Waals surface area (Å²) in [5.74, 6) is 0. The lowest BCUT2D eigenvalue weighted by atomic mass is 9.96. The quantitative estimate of drug-likeness (QED) is 0.766. The summed E-state index contributed by atoms with van der Waals surface area (Å²) in [4.78, 5) is 2.77. The Bertz CT molecular complexity index is 189. The van der Waals surface area contributed by atoms with Crippen molar-refractivity contribution in [2.75, 3.05) is 6.54 Å². The predicted molar refractivity (Wildman–Crippen MR) is 65.1 cm³/mol. The second kappa shape index (κ2) is 4.84. The van der Waals surface area contributed by atoms with Gasteiger partial charge in [0.15, 0.2) is 0 Å². The Kier molecular flexibility index (Phi) is 3.68. The highest BCUT2D eigenvalue weighted by atomic mass is 15.2. The van der Waals surface area contributed by atoms with E-state index in [2.05, 4.69) is 31.0 Å². The Morgan fingerprint density at radius 3 is 2.27 bits per heavy atom. The SMILES string of the molecule is CCCNC1CC2CCC(C1)N2C(C)C. The molecule has 2 bridgehead atoms. The van der Waals surface area contributed by atoms with Crippen LogP contribution in [0.25, 0.3) is 0 Å². The molecule has 15 heavy (non-hydrogen) atoms. The lowest BCUT2D eigenvalue weighted by Gasteiger charge is -2.41. The van der Waals surface area contributed by atoms with Gasteiger partial charge in [-0.15, -0.1) is 0 Å². The topological polar surface area (TPSA) is 15.3 Å². The molecule has 0 saturated carbocycles. The van der Waals surface area contributed by atoms with Crippen molar-refractivity contribution in [1.29, 1.82) is 0 Å². The molecule has 2 fully saturated rings. The lowest BCUT2D eigenvalue weighted by molar-refractivity contribution is 0.0851. The standard InChI is InChI=1S/C13H26N2/c1-4-7-14-11-8-12-5-6-13(9-11)15(12)10(2)3/h10-14H,4-9H2,1-3H3. The smallest absolute Gasteiger partial charge is 0.0116 e. The molecule has 0 radical (unpaired) electrons. The van der Waals surface area contributed by atoms with Crippen molar-refractivity contribution < 1.29 is 0 Å². The molecule has 0 amide bonds. The molecule has 2 aliphatic rings. The third-order valence-electron chi connectivity index (χ3n) is 4.07. The van der Waals surface area contributed by atoms with Crippen LogP contribution >= 0.6 is 0 Å². The van der Waals surface area contributed by atoms with Crippen LogP contribution in [-0.4, -0.2) is 35.6 Å². The normalized spacial score (nSPS) is 36.4. The molecule has 88 valence electrons. The highest BCUT2D eigenvalue weighted by Gasteiger charge is 2.41. The van der Waals surface area contributed by atoms with Crippen LogP contribution in [0.1, 0.15) is 52.9 Å². The third-order valence-corrected chi connectivity index (χ3v) is 4.07. The van der Waals surface area contributed by atoms with Crippen LogP contribution in [0.3, 0.4) is 0 Å². The van der Waals surface area contributed by atoms with Crippen LogP contribution in [0.2, 0.25) is 0 Å². The summed E-state index contributed by atoms with van der Waals surface area (Å²) in [6.07, 6.45) is 6.91. The van der Waals surface area contributed by atoms with Gasteiger partial charge in [-0.25, -0.2) is 0 Å². The van der Waals surface area contributed by atoms with Gasteiger partial charge in [-0.05, 0) is 52.5 Å². The summed E-state index contributed by atoms with van der Waals surface area (Å²) >= 11 is 0. The van der Waals surface area contributed by atoms with Gasteiger partial charge < -0.3 is 5.32 Å². The Morgan fingerprint density at radius 1 is 1.20 bits per heavy atom. The highest BCUT2D eigenvalue weighted by Crippen LogP contribution is 2.36. The number of piperidine rings is 1. The molecule has 0 aliphatic carbocycles. The molecule has 0 aromatic heterocycles. The second-order valence-corrected chi connectivity index (χ2v) is 5.55. The van der Waals surface area contributed by atoms with Gasteiger partial charge >= 0.3 is 0 Å². The van der Waals surface area contributed by atoms with E-state index in [9.17, 15) is 0 Å². The van der Waals surface area contributed by atoms with Crippen molar-refractivity contribution in [2.45, 2.75) is 77.0 Å². The van der Waals surface area contributed by atoms with Crippen molar-refractivity contribution in [2.24, 2.45) is 0 Å². The van der Waals surface area contributed by atoms with Crippen LogP contribution in [0.5, 0.6) is 0 Å². The van der Waals surface area contributed by atoms with E-state index >= 15 is 0 Å². The molecule has 2 rings (SSSR count). The summed E-state index contributed by atoms with van der Waals surface area (Å²) in [6, 6.07) is 3.29. The van der Waals surface area contributed by atoms with Crippen LogP contribution in [0, 0.1) is 0 Å². The number of rotatable bonds is 4. The number of nitrogens with zero attached hydrogens (tertiary/aromatic N) is 1. The summed E-state index contributed by atoms with van der Waals surface area (Å²) < 4.78 is 0. The first-order chi connectivity index (χ1) is 7.22. The Morgan fingerprint density at radius 2 is 1.80 bits per heavy atom. The maximum atomic E-state index is 3.70. The Hall–Kier alpha value is -0.0800. The van der Waals surface area contributed by atoms with Crippen molar-refractivity contribution in [3.63, 3.8) is 0 Å². The van der Waals surface area contributed by atoms with Crippen molar-refractivity contribution in [1.82, 2.24) is 10.2 Å². The van der Waals surface area contributed by atoms with Gasteiger partial charge in [-0.2, -0.15) is 0 Å². The van der Waals surface area contributed by atoms with Crippen LogP contribution in [-0.2, 0) is 0 Å². The van der Waals surface area contributed by atoms with E-state index in [-0.39, 0.29) is 0 Å². The summed E-state index contributed by atoms with van der Waals surface area (Å²) in [6.45, 7) is 8.16. The van der Waals surface area contributed by atoms with E-state index in [1.54, 1.807) is 0 Å². The second-order valence-electron chi connectivity index (χ2n) is 5.55. The molecule has 0 aromatic rings. The third kappa shape index (κ3) is 2.36. The van der Waals surface area contributed by atoms with Gasteiger partial charge in [0.1, 0.15) is 0 Å². The molecular formula is C13H26N2. The van der Waals surface area contributed by atoms with Crippen LogP contribution in [0.4, 0.5) is 0 Å². The Balaban J connectivity index is 1.90. The van der Waals surface area contributed by atoms with Gasteiger partial charge in [0.2, 0.25) is 0 Å². The zero-order chi connectivity index (χ0) is 10.8. The minimum atomic E-state index is 0.745. The maximum absolute atomic E-state index is 3.70. The zero-order valence-corrected chi connectivity index (χ0v) is 10.5. The van der Waals surface area contributed by atoms with E-state index in [1.807, 2.05) is 0 Å². The number of fused-ring (bicyclic) bond motifs is 2. The van der Waals surface area contributed by atoms with E-state index in [4.69, 9.17) is 0 Å². The summed E-state index contributed by atoms with van der Waals surface area (Å²) in [7, 11) is 0. The number of hydrogen-bond donors (Lipinski definition) is 1. The molecule has 2 atom stereocenters. The fourth-order valence-electron chi connectivity index (χ4n) is 3.57. The van der Waals surface area contributed by atoms with E-state index < -0.39 is 0 Å². The lowest BCUT2D eigenvalue weighted by Crippen LogP contribution is -2.51. The molecule has 1 N–H and O–H groups in total. The zero-order valence-electron chi connectivity index (χ0n) is 10.5.